The van der Waals surface area contributed by atoms with Gasteiger partial charge in [-0.25, -0.2) is 0 Å². The van der Waals surface area contributed by atoms with Crippen LogP contribution in [0.5, 0.6) is 0 Å². The summed E-state index contributed by atoms with van der Waals surface area (Å²) in [5, 5.41) is 0. The molecule has 0 atom stereocenters. The van der Waals surface area contributed by atoms with Gasteiger partial charge in [-0.3, -0.25) is 0 Å². The van der Waals surface area contributed by atoms with Crippen molar-refractivity contribution in [3.05, 3.63) is 71.8 Å². The van der Waals surface area contributed by atoms with Gasteiger partial charge in [-0.1, -0.05) is 106 Å². The molecule has 0 bridgehead atoms. The molecule has 1 saturated heterocycles. The lowest BCUT2D eigenvalue weighted by Gasteiger charge is -2.32. The summed E-state index contributed by atoms with van der Waals surface area (Å²) < 4.78 is 6.52. The minimum atomic E-state index is 0.0399. The molecule has 0 radical (unpaired) electrons. The Bertz CT molecular complexity index is 624. The summed E-state index contributed by atoms with van der Waals surface area (Å²) in [4.78, 5) is 2.68. The van der Waals surface area contributed by atoms with Gasteiger partial charge in [0.1, 0.15) is 6.10 Å². The second-order valence-electron chi connectivity index (χ2n) is 8.94. The van der Waals surface area contributed by atoms with E-state index in [-0.39, 0.29) is 6.10 Å². The number of benzene rings is 2. The highest BCUT2D eigenvalue weighted by molar-refractivity contribution is 5.29. The average molecular weight is 408 g/mol. The maximum absolute atomic E-state index is 6.52. The number of hydrogen-bond donors (Lipinski definition) is 0. The quantitative estimate of drug-likeness (QED) is 0.324. The number of piperidine rings is 1. The van der Waals surface area contributed by atoms with Crippen LogP contribution in [-0.4, -0.2) is 31.1 Å². The van der Waals surface area contributed by atoms with Crippen molar-refractivity contribution in [3.63, 3.8) is 0 Å². The largest absolute Gasteiger partial charge is 0.368 e. The second-order valence-corrected chi connectivity index (χ2v) is 8.94. The third-order valence-electron chi connectivity index (χ3n) is 6.49. The molecule has 2 heteroatoms. The van der Waals surface area contributed by atoms with E-state index in [4.69, 9.17) is 4.74 Å². The van der Waals surface area contributed by atoms with Gasteiger partial charge in [0.05, 0.1) is 6.61 Å². The molecule has 0 aromatic heterocycles. The average Bonchev–Trinajstić information content (AvgIpc) is 2.81. The normalized spacial score (nSPS) is 15.7. The molecule has 164 valence electrons. The SMILES string of the molecule is CCCCCCCCCN1CCC(COC(c2ccccc2)c2ccccc2)CC1. The van der Waals surface area contributed by atoms with Gasteiger partial charge < -0.3 is 9.64 Å². The maximum atomic E-state index is 6.52. The van der Waals surface area contributed by atoms with Gasteiger partial charge in [-0.15, -0.1) is 0 Å². The molecular formula is C28H41NO. The second kappa shape index (κ2) is 13.6. The number of likely N-dealkylation sites (tertiary alicyclic amines) is 1. The van der Waals surface area contributed by atoms with Crippen molar-refractivity contribution in [2.24, 2.45) is 5.92 Å². The first kappa shape index (κ1) is 23.0. The standard InChI is InChI=1S/C28H41NO/c1-2-3-4-5-6-7-14-21-29-22-19-25(20-23-29)24-30-28(26-15-10-8-11-16-26)27-17-12-9-13-18-27/h8-13,15-18,25,28H,2-7,14,19-24H2,1H3. The Morgan fingerprint density at radius 3 is 1.87 bits per heavy atom. The Morgan fingerprint density at radius 2 is 1.30 bits per heavy atom. The zero-order valence-electron chi connectivity index (χ0n) is 19.0. The van der Waals surface area contributed by atoms with Crippen LogP contribution < -0.4 is 0 Å². The molecule has 2 nitrogen and oxygen atoms in total. The molecule has 0 saturated carbocycles. The van der Waals surface area contributed by atoms with Crippen LogP contribution in [0.25, 0.3) is 0 Å². The van der Waals surface area contributed by atoms with Crippen molar-refractivity contribution in [2.45, 2.75) is 70.8 Å². The fourth-order valence-corrected chi connectivity index (χ4v) is 4.54. The third-order valence-corrected chi connectivity index (χ3v) is 6.49. The van der Waals surface area contributed by atoms with Crippen molar-refractivity contribution in [3.8, 4) is 0 Å². The Kier molecular flexibility index (Phi) is 10.5. The Labute approximate surface area is 184 Å². The Hall–Kier alpha value is -1.64. The topological polar surface area (TPSA) is 12.5 Å². The maximum Gasteiger partial charge on any atom is 0.108 e. The summed E-state index contributed by atoms with van der Waals surface area (Å²) in [5.41, 5.74) is 2.50. The van der Waals surface area contributed by atoms with Gasteiger partial charge in [0.15, 0.2) is 0 Å². The van der Waals surface area contributed by atoms with Crippen LogP contribution in [0.1, 0.15) is 81.9 Å². The monoisotopic (exact) mass is 407 g/mol. The molecule has 1 aliphatic rings. The first-order chi connectivity index (χ1) is 14.9. The molecule has 2 aromatic rings. The van der Waals surface area contributed by atoms with Gasteiger partial charge >= 0.3 is 0 Å². The highest BCUT2D eigenvalue weighted by atomic mass is 16.5. The predicted molar refractivity (Wildman–Crippen MR) is 128 cm³/mol. The minimum absolute atomic E-state index is 0.0399. The van der Waals surface area contributed by atoms with Crippen molar-refractivity contribution in [1.82, 2.24) is 4.90 Å². The number of ether oxygens (including phenoxy) is 1. The smallest absolute Gasteiger partial charge is 0.108 e. The van der Waals surface area contributed by atoms with Crippen molar-refractivity contribution in [1.29, 1.82) is 0 Å². The molecule has 0 N–H and O–H groups in total. The van der Waals surface area contributed by atoms with E-state index in [2.05, 4.69) is 72.5 Å². The minimum Gasteiger partial charge on any atom is -0.368 e. The van der Waals surface area contributed by atoms with Gasteiger partial charge in [-0.05, 0) is 55.9 Å². The van der Waals surface area contributed by atoms with Gasteiger partial charge in [0, 0.05) is 0 Å². The van der Waals surface area contributed by atoms with Crippen LogP contribution in [0.4, 0.5) is 0 Å². The molecule has 0 spiro atoms. The highest BCUT2D eigenvalue weighted by Gasteiger charge is 2.22. The first-order valence-electron chi connectivity index (χ1n) is 12.3. The van der Waals surface area contributed by atoms with Crippen molar-refractivity contribution in [2.75, 3.05) is 26.2 Å². The summed E-state index contributed by atoms with van der Waals surface area (Å²) in [5.74, 6) is 0.685. The molecule has 2 aromatic carbocycles. The molecule has 0 aliphatic carbocycles. The van der Waals surface area contributed by atoms with Crippen LogP contribution in [-0.2, 0) is 4.74 Å². The molecule has 1 aliphatic heterocycles. The van der Waals surface area contributed by atoms with E-state index in [1.807, 2.05) is 0 Å². The fraction of sp³-hybridized carbons (Fsp3) is 0.571. The van der Waals surface area contributed by atoms with Gasteiger partial charge in [-0.2, -0.15) is 0 Å². The Morgan fingerprint density at radius 1 is 0.767 bits per heavy atom. The van der Waals surface area contributed by atoms with Gasteiger partial charge in [0.25, 0.3) is 0 Å². The van der Waals surface area contributed by atoms with Crippen molar-refractivity contribution < 1.29 is 4.74 Å². The molecule has 30 heavy (non-hydrogen) atoms. The van der Waals surface area contributed by atoms with Crippen LogP contribution in [0, 0.1) is 5.92 Å². The van der Waals surface area contributed by atoms with Crippen molar-refractivity contribution >= 4 is 0 Å². The molecule has 3 rings (SSSR count). The number of hydrogen-bond acceptors (Lipinski definition) is 2. The molecule has 1 heterocycles. The Balaban J connectivity index is 1.38. The summed E-state index contributed by atoms with van der Waals surface area (Å²) in [6.45, 7) is 6.92. The summed E-state index contributed by atoms with van der Waals surface area (Å²) >= 11 is 0. The van der Waals surface area contributed by atoms with Crippen LogP contribution >= 0.6 is 0 Å². The number of rotatable bonds is 13. The van der Waals surface area contributed by atoms with Crippen LogP contribution in [0.2, 0.25) is 0 Å². The van der Waals surface area contributed by atoms with Crippen LogP contribution in [0.3, 0.4) is 0 Å². The van der Waals surface area contributed by atoms with E-state index in [9.17, 15) is 0 Å². The van der Waals surface area contributed by atoms with E-state index >= 15 is 0 Å². The lowest BCUT2D eigenvalue weighted by Crippen LogP contribution is -2.35. The number of unbranched alkanes of at least 4 members (excludes halogenated alkanes) is 6. The molecular weight excluding hydrogens is 366 g/mol. The molecule has 1 fully saturated rings. The lowest BCUT2D eigenvalue weighted by atomic mass is 9.96. The predicted octanol–water partition coefficient (Wildman–Crippen LogP) is 7.26. The zero-order chi connectivity index (χ0) is 20.9. The summed E-state index contributed by atoms with van der Waals surface area (Å²) in [7, 11) is 0. The van der Waals surface area contributed by atoms with E-state index in [0.717, 1.165) is 6.61 Å². The van der Waals surface area contributed by atoms with Crippen LogP contribution in [0.15, 0.2) is 60.7 Å². The highest BCUT2D eigenvalue weighted by Crippen LogP contribution is 2.28. The van der Waals surface area contributed by atoms with E-state index in [0.29, 0.717) is 5.92 Å². The summed E-state index contributed by atoms with van der Waals surface area (Å²) in [6, 6.07) is 21.3. The van der Waals surface area contributed by atoms with E-state index < -0.39 is 0 Å². The molecule has 0 amide bonds. The first-order valence-corrected chi connectivity index (χ1v) is 12.3. The molecule has 0 unspecified atom stereocenters. The summed E-state index contributed by atoms with van der Waals surface area (Å²) in [6.07, 6.45) is 12.4. The van der Waals surface area contributed by atoms with E-state index in [1.54, 1.807) is 0 Å². The number of nitrogens with zero attached hydrogens (tertiary/aromatic N) is 1. The lowest BCUT2D eigenvalue weighted by molar-refractivity contribution is 0.0308. The van der Waals surface area contributed by atoms with E-state index in [1.165, 1.54) is 88.5 Å². The van der Waals surface area contributed by atoms with Gasteiger partial charge in [0.2, 0.25) is 0 Å². The third kappa shape index (κ3) is 7.89. The fourth-order valence-electron chi connectivity index (χ4n) is 4.54. The zero-order valence-corrected chi connectivity index (χ0v) is 19.0.